The molecule has 0 saturated heterocycles. The van der Waals surface area contributed by atoms with Gasteiger partial charge in [-0.3, -0.25) is 0 Å². The standard InChI is InChI=1S/C17H21N3O/c1-4-11-20(13-15-9-7-12-19(15)3)17(21)18-16-10-6-5-8-14(16)2/h4-10,12H,1,11,13H2,2-3H3,(H,18,21). The number of carbonyl (C=O) groups is 1. The molecule has 0 aliphatic carbocycles. The van der Waals surface area contributed by atoms with Crippen molar-refractivity contribution in [1.82, 2.24) is 9.47 Å². The summed E-state index contributed by atoms with van der Waals surface area (Å²) in [7, 11) is 1.97. The predicted octanol–water partition coefficient (Wildman–Crippen LogP) is 3.55. The van der Waals surface area contributed by atoms with Gasteiger partial charge in [-0.15, -0.1) is 6.58 Å². The molecule has 0 radical (unpaired) electrons. The van der Waals surface area contributed by atoms with Crippen LogP contribution in [0.5, 0.6) is 0 Å². The minimum absolute atomic E-state index is 0.120. The van der Waals surface area contributed by atoms with Crippen LogP contribution in [0.2, 0.25) is 0 Å². The highest BCUT2D eigenvalue weighted by Crippen LogP contribution is 2.15. The Balaban J connectivity index is 2.10. The summed E-state index contributed by atoms with van der Waals surface area (Å²) in [4.78, 5) is 14.2. The number of benzene rings is 1. The van der Waals surface area contributed by atoms with Crippen LogP contribution in [0.1, 0.15) is 11.3 Å². The van der Waals surface area contributed by atoms with E-state index in [1.54, 1.807) is 11.0 Å². The Kier molecular flexibility index (Phi) is 4.82. The third-order valence-corrected chi connectivity index (χ3v) is 3.43. The van der Waals surface area contributed by atoms with Gasteiger partial charge in [0.2, 0.25) is 0 Å². The monoisotopic (exact) mass is 283 g/mol. The van der Waals surface area contributed by atoms with Crippen molar-refractivity contribution in [2.45, 2.75) is 13.5 Å². The third-order valence-electron chi connectivity index (χ3n) is 3.43. The highest BCUT2D eigenvalue weighted by Gasteiger charge is 2.14. The maximum Gasteiger partial charge on any atom is 0.322 e. The number of anilines is 1. The quantitative estimate of drug-likeness (QED) is 0.837. The number of urea groups is 1. The summed E-state index contributed by atoms with van der Waals surface area (Å²) in [6.07, 6.45) is 3.71. The molecule has 0 saturated carbocycles. The predicted molar refractivity (Wildman–Crippen MR) is 86.2 cm³/mol. The molecule has 110 valence electrons. The average Bonchev–Trinajstić information content (AvgIpc) is 2.86. The van der Waals surface area contributed by atoms with E-state index >= 15 is 0 Å². The first-order valence-corrected chi connectivity index (χ1v) is 6.94. The van der Waals surface area contributed by atoms with E-state index in [2.05, 4.69) is 11.9 Å². The normalized spacial score (nSPS) is 10.2. The number of carbonyl (C=O) groups excluding carboxylic acids is 1. The second-order valence-electron chi connectivity index (χ2n) is 5.02. The first kappa shape index (κ1) is 14.9. The Morgan fingerprint density at radius 3 is 2.71 bits per heavy atom. The first-order chi connectivity index (χ1) is 10.1. The molecule has 2 amide bonds. The summed E-state index contributed by atoms with van der Waals surface area (Å²) in [6.45, 7) is 6.76. The molecule has 1 aromatic carbocycles. The van der Waals surface area contributed by atoms with E-state index in [-0.39, 0.29) is 6.03 Å². The van der Waals surface area contributed by atoms with Crippen molar-refractivity contribution >= 4 is 11.7 Å². The van der Waals surface area contributed by atoms with Crippen LogP contribution in [0.4, 0.5) is 10.5 Å². The van der Waals surface area contributed by atoms with Crippen molar-refractivity contribution in [2.24, 2.45) is 7.05 Å². The number of hydrogen-bond acceptors (Lipinski definition) is 1. The minimum Gasteiger partial charge on any atom is -0.353 e. The summed E-state index contributed by atoms with van der Waals surface area (Å²) >= 11 is 0. The van der Waals surface area contributed by atoms with Crippen LogP contribution >= 0.6 is 0 Å². The molecular formula is C17H21N3O. The molecule has 0 fully saturated rings. The number of aryl methyl sites for hydroxylation is 2. The zero-order valence-electron chi connectivity index (χ0n) is 12.5. The van der Waals surface area contributed by atoms with Crippen LogP contribution in [0.25, 0.3) is 0 Å². The molecule has 0 aliphatic rings. The van der Waals surface area contributed by atoms with Gasteiger partial charge in [0.25, 0.3) is 0 Å². The molecule has 0 atom stereocenters. The summed E-state index contributed by atoms with van der Waals surface area (Å²) in [5, 5.41) is 2.96. The molecule has 0 bridgehead atoms. The van der Waals surface area contributed by atoms with Crippen molar-refractivity contribution < 1.29 is 4.79 Å². The minimum atomic E-state index is -0.120. The molecule has 0 unspecified atom stereocenters. The van der Waals surface area contributed by atoms with Gasteiger partial charge in [-0.1, -0.05) is 24.3 Å². The molecule has 2 aromatic rings. The highest BCUT2D eigenvalue weighted by molar-refractivity contribution is 5.90. The topological polar surface area (TPSA) is 37.3 Å². The fourth-order valence-electron chi connectivity index (χ4n) is 2.14. The number of hydrogen-bond donors (Lipinski definition) is 1. The van der Waals surface area contributed by atoms with E-state index in [0.29, 0.717) is 13.1 Å². The Morgan fingerprint density at radius 1 is 1.33 bits per heavy atom. The lowest BCUT2D eigenvalue weighted by Gasteiger charge is -2.22. The van der Waals surface area contributed by atoms with Crippen LogP contribution in [0, 0.1) is 6.92 Å². The SMILES string of the molecule is C=CCN(Cc1cccn1C)C(=O)Nc1ccccc1C. The van der Waals surface area contributed by atoms with E-state index in [9.17, 15) is 4.79 Å². The van der Waals surface area contributed by atoms with Gasteiger partial charge in [0.1, 0.15) is 0 Å². The van der Waals surface area contributed by atoms with Crippen molar-refractivity contribution in [3.05, 3.63) is 66.5 Å². The lowest BCUT2D eigenvalue weighted by molar-refractivity contribution is 0.214. The maximum absolute atomic E-state index is 12.5. The second-order valence-corrected chi connectivity index (χ2v) is 5.02. The number of aromatic nitrogens is 1. The molecule has 4 heteroatoms. The van der Waals surface area contributed by atoms with E-state index in [1.807, 2.05) is 61.1 Å². The van der Waals surface area contributed by atoms with Crippen molar-refractivity contribution in [3.8, 4) is 0 Å². The first-order valence-electron chi connectivity index (χ1n) is 6.94. The maximum atomic E-state index is 12.5. The Bertz CT molecular complexity index is 630. The van der Waals surface area contributed by atoms with Crippen molar-refractivity contribution in [3.63, 3.8) is 0 Å². The van der Waals surface area contributed by atoms with Gasteiger partial charge in [0.05, 0.1) is 6.54 Å². The van der Waals surface area contributed by atoms with Crippen LogP contribution in [-0.4, -0.2) is 22.0 Å². The van der Waals surface area contributed by atoms with Crippen LogP contribution in [0.15, 0.2) is 55.3 Å². The molecule has 0 aliphatic heterocycles. The smallest absolute Gasteiger partial charge is 0.322 e. The number of rotatable bonds is 5. The zero-order chi connectivity index (χ0) is 15.2. The van der Waals surface area contributed by atoms with Gasteiger partial charge >= 0.3 is 6.03 Å². The molecule has 2 rings (SSSR count). The molecule has 21 heavy (non-hydrogen) atoms. The van der Waals surface area contributed by atoms with Crippen LogP contribution in [-0.2, 0) is 13.6 Å². The number of nitrogens with one attached hydrogen (secondary N) is 1. The molecule has 4 nitrogen and oxygen atoms in total. The van der Waals surface area contributed by atoms with E-state index in [4.69, 9.17) is 0 Å². The average molecular weight is 283 g/mol. The number of amides is 2. The Hall–Kier alpha value is -2.49. The summed E-state index contributed by atoms with van der Waals surface area (Å²) in [6, 6.07) is 11.6. The van der Waals surface area contributed by atoms with Crippen LogP contribution < -0.4 is 5.32 Å². The largest absolute Gasteiger partial charge is 0.353 e. The lowest BCUT2D eigenvalue weighted by Crippen LogP contribution is -2.35. The van der Waals surface area contributed by atoms with Gasteiger partial charge in [0, 0.05) is 31.2 Å². The van der Waals surface area contributed by atoms with E-state index < -0.39 is 0 Å². The Labute approximate surface area is 125 Å². The van der Waals surface area contributed by atoms with Gasteiger partial charge < -0.3 is 14.8 Å². The molecule has 1 aromatic heterocycles. The molecule has 1 heterocycles. The fraction of sp³-hybridized carbons (Fsp3) is 0.235. The number of para-hydroxylation sites is 1. The van der Waals surface area contributed by atoms with Crippen molar-refractivity contribution in [2.75, 3.05) is 11.9 Å². The van der Waals surface area contributed by atoms with Gasteiger partial charge in [-0.2, -0.15) is 0 Å². The van der Waals surface area contributed by atoms with Crippen molar-refractivity contribution in [1.29, 1.82) is 0 Å². The van der Waals surface area contributed by atoms with Gasteiger partial charge in [-0.25, -0.2) is 4.79 Å². The number of nitrogens with zero attached hydrogens (tertiary/aromatic N) is 2. The second kappa shape index (κ2) is 6.79. The van der Waals surface area contributed by atoms with E-state index in [1.165, 1.54) is 0 Å². The summed E-state index contributed by atoms with van der Waals surface area (Å²) in [5.74, 6) is 0. The molecular weight excluding hydrogens is 262 g/mol. The lowest BCUT2D eigenvalue weighted by atomic mass is 10.2. The third kappa shape index (κ3) is 3.75. The van der Waals surface area contributed by atoms with Crippen LogP contribution in [0.3, 0.4) is 0 Å². The Morgan fingerprint density at radius 2 is 2.10 bits per heavy atom. The van der Waals surface area contributed by atoms with Gasteiger partial charge in [0.15, 0.2) is 0 Å². The summed E-state index contributed by atoms with van der Waals surface area (Å²) in [5.41, 5.74) is 2.96. The fourth-order valence-corrected chi connectivity index (χ4v) is 2.14. The molecule has 1 N–H and O–H groups in total. The van der Waals surface area contributed by atoms with Gasteiger partial charge in [-0.05, 0) is 30.7 Å². The summed E-state index contributed by atoms with van der Waals surface area (Å²) < 4.78 is 2.01. The highest BCUT2D eigenvalue weighted by atomic mass is 16.2. The molecule has 0 spiro atoms. The zero-order valence-corrected chi connectivity index (χ0v) is 12.5. The van der Waals surface area contributed by atoms with E-state index in [0.717, 1.165) is 16.9 Å².